The fraction of sp³-hybridized carbons (Fsp3) is 0.462. The highest BCUT2D eigenvalue weighted by atomic mass is 32.2. The van der Waals surface area contributed by atoms with Gasteiger partial charge in [-0.25, -0.2) is 0 Å². The number of hydrogen-bond acceptors (Lipinski definition) is 5. The molecule has 5 heteroatoms. The standard InChI is InChI=1S/C9H11NOS.C4H10O2/c1-12-9(6-11)7-4-2-3-5-8(7)10;1-4(5-2)6-3/h2-6,9H,10H2,1H3;4H,1-3H3. The van der Waals surface area contributed by atoms with Crippen LogP contribution in [0.15, 0.2) is 24.3 Å². The average molecular weight is 271 g/mol. The van der Waals surface area contributed by atoms with Crippen LogP contribution in [0.5, 0.6) is 0 Å². The Hall–Kier alpha value is -1.04. The lowest BCUT2D eigenvalue weighted by molar-refractivity contribution is -0.107. The number of para-hydroxylation sites is 1. The Morgan fingerprint density at radius 2 is 1.83 bits per heavy atom. The van der Waals surface area contributed by atoms with Crippen molar-refractivity contribution in [3.05, 3.63) is 29.8 Å². The maximum Gasteiger partial charge on any atom is 0.154 e. The molecule has 0 spiro atoms. The molecule has 0 aliphatic heterocycles. The number of benzene rings is 1. The molecule has 1 rings (SSSR count). The van der Waals surface area contributed by atoms with Crippen LogP contribution in [0, 0.1) is 0 Å². The number of anilines is 1. The van der Waals surface area contributed by atoms with E-state index in [1.165, 1.54) is 11.8 Å². The van der Waals surface area contributed by atoms with Crippen molar-refractivity contribution in [2.24, 2.45) is 0 Å². The first-order valence-corrected chi connectivity index (χ1v) is 6.77. The van der Waals surface area contributed by atoms with E-state index in [1.807, 2.05) is 37.4 Å². The molecule has 1 aromatic carbocycles. The lowest BCUT2D eigenvalue weighted by Crippen LogP contribution is -2.05. The molecule has 0 saturated carbocycles. The third-order valence-electron chi connectivity index (χ3n) is 2.34. The zero-order chi connectivity index (χ0) is 14.0. The fourth-order valence-corrected chi connectivity index (χ4v) is 1.70. The SMILES string of the molecule is COC(C)OC.CSC(C=O)c1ccccc1N. The fourth-order valence-electron chi connectivity index (χ4n) is 1.12. The second-order valence-electron chi connectivity index (χ2n) is 3.46. The van der Waals surface area contributed by atoms with Crippen molar-refractivity contribution < 1.29 is 14.3 Å². The van der Waals surface area contributed by atoms with Gasteiger partial charge in [0.2, 0.25) is 0 Å². The zero-order valence-electron chi connectivity index (χ0n) is 11.3. The van der Waals surface area contributed by atoms with Gasteiger partial charge in [-0.05, 0) is 24.8 Å². The van der Waals surface area contributed by atoms with E-state index in [9.17, 15) is 4.79 Å². The van der Waals surface area contributed by atoms with Gasteiger partial charge in [0.25, 0.3) is 0 Å². The molecule has 0 amide bonds. The summed E-state index contributed by atoms with van der Waals surface area (Å²) in [7, 11) is 3.21. The number of ether oxygens (including phenoxy) is 2. The van der Waals surface area contributed by atoms with Crippen LogP contribution in [0.2, 0.25) is 0 Å². The molecule has 102 valence electrons. The van der Waals surface area contributed by atoms with Crippen molar-refractivity contribution in [1.29, 1.82) is 0 Å². The first-order valence-electron chi connectivity index (χ1n) is 5.48. The predicted molar refractivity (Wildman–Crippen MR) is 76.7 cm³/mol. The van der Waals surface area contributed by atoms with E-state index < -0.39 is 0 Å². The summed E-state index contributed by atoms with van der Waals surface area (Å²) in [6, 6.07) is 7.44. The Morgan fingerprint density at radius 1 is 1.28 bits per heavy atom. The number of nitrogens with two attached hydrogens (primary N) is 1. The van der Waals surface area contributed by atoms with Gasteiger partial charge < -0.3 is 20.0 Å². The maximum absolute atomic E-state index is 10.6. The van der Waals surface area contributed by atoms with Crippen molar-refractivity contribution in [3.8, 4) is 0 Å². The minimum Gasteiger partial charge on any atom is -0.398 e. The lowest BCUT2D eigenvalue weighted by atomic mass is 10.1. The molecule has 2 N–H and O–H groups in total. The number of carbonyl (C=O) groups is 1. The highest BCUT2D eigenvalue weighted by Gasteiger charge is 2.10. The van der Waals surface area contributed by atoms with E-state index in [4.69, 9.17) is 5.73 Å². The van der Waals surface area contributed by atoms with E-state index in [-0.39, 0.29) is 11.5 Å². The van der Waals surface area contributed by atoms with Crippen molar-refractivity contribution >= 4 is 23.7 Å². The largest absolute Gasteiger partial charge is 0.398 e. The number of carbonyl (C=O) groups excluding carboxylic acids is 1. The Bertz CT molecular complexity index is 343. The van der Waals surface area contributed by atoms with Crippen LogP contribution in [0.4, 0.5) is 5.69 Å². The van der Waals surface area contributed by atoms with E-state index in [0.717, 1.165) is 11.8 Å². The van der Waals surface area contributed by atoms with Crippen LogP contribution in [0.1, 0.15) is 17.7 Å². The number of methoxy groups -OCH3 is 2. The molecule has 0 bridgehead atoms. The van der Waals surface area contributed by atoms with Crippen LogP contribution < -0.4 is 5.73 Å². The molecule has 0 aliphatic rings. The summed E-state index contributed by atoms with van der Waals surface area (Å²) in [5.74, 6) is 0. The normalized spacial score (nSPS) is 11.6. The molecule has 0 aliphatic carbocycles. The van der Waals surface area contributed by atoms with E-state index in [2.05, 4.69) is 9.47 Å². The molecule has 0 heterocycles. The number of hydrogen-bond donors (Lipinski definition) is 1. The van der Waals surface area contributed by atoms with Crippen molar-refractivity contribution in [2.45, 2.75) is 18.5 Å². The smallest absolute Gasteiger partial charge is 0.154 e. The quantitative estimate of drug-likeness (QED) is 0.506. The highest BCUT2D eigenvalue weighted by Crippen LogP contribution is 2.28. The van der Waals surface area contributed by atoms with Crippen LogP contribution in [-0.2, 0) is 14.3 Å². The van der Waals surface area contributed by atoms with E-state index in [1.54, 1.807) is 14.2 Å². The number of nitrogen functional groups attached to an aromatic ring is 1. The number of rotatable bonds is 5. The van der Waals surface area contributed by atoms with Gasteiger partial charge in [-0.3, -0.25) is 0 Å². The third kappa shape index (κ3) is 6.05. The van der Waals surface area contributed by atoms with Gasteiger partial charge >= 0.3 is 0 Å². The van der Waals surface area contributed by atoms with Gasteiger partial charge in [0, 0.05) is 19.9 Å². The van der Waals surface area contributed by atoms with Crippen LogP contribution in [-0.4, -0.2) is 33.1 Å². The molecule has 1 aromatic rings. The topological polar surface area (TPSA) is 61.5 Å². The molecular formula is C13H21NO3S. The molecule has 1 atom stereocenters. The zero-order valence-corrected chi connectivity index (χ0v) is 12.1. The van der Waals surface area contributed by atoms with Gasteiger partial charge in [0.1, 0.15) is 6.29 Å². The Balaban J connectivity index is 0.000000411. The summed E-state index contributed by atoms with van der Waals surface area (Å²) in [5, 5.41) is -0.133. The third-order valence-corrected chi connectivity index (χ3v) is 3.22. The van der Waals surface area contributed by atoms with Crippen LogP contribution in [0.25, 0.3) is 0 Å². The monoisotopic (exact) mass is 271 g/mol. The van der Waals surface area contributed by atoms with Gasteiger partial charge in [-0.15, -0.1) is 11.8 Å². The molecule has 4 nitrogen and oxygen atoms in total. The second-order valence-corrected chi connectivity index (χ2v) is 4.44. The van der Waals surface area contributed by atoms with Gasteiger partial charge in [0.05, 0.1) is 5.25 Å². The first-order chi connectivity index (χ1) is 8.60. The molecular weight excluding hydrogens is 250 g/mol. The van der Waals surface area contributed by atoms with Gasteiger partial charge in [0.15, 0.2) is 6.29 Å². The van der Waals surface area contributed by atoms with E-state index >= 15 is 0 Å². The van der Waals surface area contributed by atoms with Gasteiger partial charge in [-0.1, -0.05) is 18.2 Å². The number of thioether (sulfide) groups is 1. The van der Waals surface area contributed by atoms with Crippen molar-refractivity contribution in [2.75, 3.05) is 26.2 Å². The predicted octanol–water partition coefficient (Wildman–Crippen LogP) is 2.50. The van der Waals surface area contributed by atoms with Crippen molar-refractivity contribution in [3.63, 3.8) is 0 Å². The molecule has 0 radical (unpaired) electrons. The molecule has 0 aromatic heterocycles. The highest BCUT2D eigenvalue weighted by molar-refractivity contribution is 7.99. The molecule has 0 fully saturated rings. The summed E-state index contributed by atoms with van der Waals surface area (Å²) in [6.45, 7) is 1.83. The Kier molecular flexibility index (Phi) is 9.36. The Morgan fingerprint density at radius 3 is 2.17 bits per heavy atom. The first kappa shape index (κ1) is 17.0. The summed E-state index contributed by atoms with van der Waals surface area (Å²) in [5.41, 5.74) is 7.29. The molecule has 0 saturated heterocycles. The Labute approximate surface area is 113 Å². The lowest BCUT2D eigenvalue weighted by Gasteiger charge is -2.09. The summed E-state index contributed by atoms with van der Waals surface area (Å²) < 4.78 is 9.35. The summed E-state index contributed by atoms with van der Waals surface area (Å²) >= 11 is 1.49. The van der Waals surface area contributed by atoms with E-state index in [0.29, 0.717) is 5.69 Å². The molecule has 1 unspecified atom stereocenters. The summed E-state index contributed by atoms with van der Waals surface area (Å²) in [6.07, 6.45) is 2.74. The minimum atomic E-state index is -0.133. The molecule has 18 heavy (non-hydrogen) atoms. The second kappa shape index (κ2) is 9.94. The van der Waals surface area contributed by atoms with Gasteiger partial charge in [-0.2, -0.15) is 0 Å². The maximum atomic E-state index is 10.6. The number of aldehydes is 1. The minimum absolute atomic E-state index is 0.0648. The van der Waals surface area contributed by atoms with Crippen LogP contribution >= 0.6 is 11.8 Å². The average Bonchev–Trinajstić information content (AvgIpc) is 2.42. The van der Waals surface area contributed by atoms with Crippen LogP contribution in [0.3, 0.4) is 0 Å². The van der Waals surface area contributed by atoms with Crippen molar-refractivity contribution in [1.82, 2.24) is 0 Å². The summed E-state index contributed by atoms with van der Waals surface area (Å²) in [4.78, 5) is 10.6.